The van der Waals surface area contributed by atoms with E-state index in [9.17, 15) is 13.5 Å². The molecule has 1 aromatic heterocycles. The molecule has 0 amide bonds. The van der Waals surface area contributed by atoms with Crippen LogP contribution in [0.2, 0.25) is 0 Å². The van der Waals surface area contributed by atoms with E-state index in [0.29, 0.717) is 18.2 Å². The summed E-state index contributed by atoms with van der Waals surface area (Å²) in [5.74, 6) is -0.239. The summed E-state index contributed by atoms with van der Waals surface area (Å²) in [4.78, 5) is 0. The Bertz CT molecular complexity index is 487. The molecule has 0 aromatic carbocycles. The van der Waals surface area contributed by atoms with Crippen molar-refractivity contribution in [2.24, 2.45) is 5.73 Å². The van der Waals surface area contributed by atoms with Crippen molar-refractivity contribution in [1.82, 2.24) is 20.2 Å². The van der Waals surface area contributed by atoms with Crippen molar-refractivity contribution in [2.75, 3.05) is 18.1 Å². The topological polar surface area (TPSA) is 124 Å². The zero-order valence-corrected chi connectivity index (χ0v) is 10.6. The first-order valence-electron chi connectivity index (χ1n) is 5.03. The number of aliphatic hydroxyl groups is 1. The largest absolute Gasteiger partial charge is 0.391 e. The lowest BCUT2D eigenvalue weighted by atomic mass is 10.3. The maximum atomic E-state index is 11.3. The summed E-state index contributed by atoms with van der Waals surface area (Å²) in [6.45, 7) is 0.856. The lowest BCUT2D eigenvalue weighted by molar-refractivity contribution is 0.207. The maximum absolute atomic E-state index is 11.3. The number of hydrogen-bond acceptors (Lipinski definition) is 8. The Morgan fingerprint density at radius 1 is 1.53 bits per heavy atom. The average Bonchev–Trinajstić information content (AvgIpc) is 2.74. The van der Waals surface area contributed by atoms with Gasteiger partial charge >= 0.3 is 0 Å². The molecular formula is C7H13N5O3S2. The van der Waals surface area contributed by atoms with Crippen LogP contribution in [0.4, 0.5) is 0 Å². The van der Waals surface area contributed by atoms with E-state index in [1.54, 1.807) is 0 Å². The van der Waals surface area contributed by atoms with Crippen LogP contribution in [-0.4, -0.2) is 63.1 Å². The first-order valence-corrected chi connectivity index (χ1v) is 7.73. The minimum absolute atomic E-state index is 0.0473. The van der Waals surface area contributed by atoms with Crippen LogP contribution >= 0.6 is 11.8 Å². The molecule has 8 nitrogen and oxygen atoms in total. The molecule has 0 radical (unpaired) electrons. The number of sulfone groups is 1. The van der Waals surface area contributed by atoms with Crippen molar-refractivity contribution >= 4 is 21.6 Å². The Morgan fingerprint density at radius 3 is 2.88 bits per heavy atom. The van der Waals surface area contributed by atoms with Gasteiger partial charge in [0, 0.05) is 6.54 Å². The highest BCUT2D eigenvalue weighted by Gasteiger charge is 2.38. The third-order valence-electron chi connectivity index (χ3n) is 2.37. The van der Waals surface area contributed by atoms with Crippen LogP contribution < -0.4 is 5.73 Å². The monoisotopic (exact) mass is 279 g/mol. The number of aliphatic hydroxyl groups excluding tert-OH is 1. The Labute approximate surface area is 102 Å². The van der Waals surface area contributed by atoms with Crippen molar-refractivity contribution in [3.8, 4) is 0 Å². The first kappa shape index (κ1) is 12.7. The summed E-state index contributed by atoms with van der Waals surface area (Å²) in [6.07, 6.45) is -0.868. The van der Waals surface area contributed by atoms with Gasteiger partial charge in [0.05, 0.1) is 29.4 Å². The molecular weight excluding hydrogens is 266 g/mol. The van der Waals surface area contributed by atoms with E-state index in [0.717, 1.165) is 0 Å². The number of nitrogens with two attached hydrogens (primary N) is 1. The quantitative estimate of drug-likeness (QED) is 0.641. The molecule has 1 fully saturated rings. The van der Waals surface area contributed by atoms with Gasteiger partial charge in [-0.2, -0.15) is 0 Å². The van der Waals surface area contributed by atoms with Gasteiger partial charge in [-0.05, 0) is 10.4 Å². The SMILES string of the molecule is NCCn1nnnc1SC1CS(=O)(=O)CC1O. The van der Waals surface area contributed by atoms with Crippen molar-refractivity contribution < 1.29 is 13.5 Å². The zero-order chi connectivity index (χ0) is 12.5. The standard InChI is InChI=1S/C7H13N5O3S2/c8-1-2-12-7(9-10-11-12)16-6-4-17(14,15)3-5(6)13/h5-6,13H,1-4,8H2. The molecule has 0 saturated carbocycles. The van der Waals surface area contributed by atoms with Gasteiger partial charge in [-0.25, -0.2) is 13.1 Å². The second-order valence-corrected chi connectivity index (χ2v) is 7.13. The molecule has 1 aliphatic heterocycles. The van der Waals surface area contributed by atoms with Gasteiger partial charge in [-0.3, -0.25) is 0 Å². The Morgan fingerprint density at radius 2 is 2.29 bits per heavy atom. The predicted molar refractivity (Wildman–Crippen MR) is 61.2 cm³/mol. The van der Waals surface area contributed by atoms with Gasteiger partial charge in [-0.1, -0.05) is 11.8 Å². The van der Waals surface area contributed by atoms with Crippen LogP contribution in [0, 0.1) is 0 Å². The third kappa shape index (κ3) is 2.94. The number of tetrazole rings is 1. The summed E-state index contributed by atoms with van der Waals surface area (Å²) in [5, 5.41) is 20.7. The van der Waals surface area contributed by atoms with Gasteiger partial charge in [0.2, 0.25) is 5.16 Å². The lowest BCUT2D eigenvalue weighted by Gasteiger charge is -2.10. The lowest BCUT2D eigenvalue weighted by Crippen LogP contribution is -2.21. The Hall–Kier alpha value is -0.710. The summed E-state index contributed by atoms with van der Waals surface area (Å²) in [7, 11) is -3.15. The molecule has 1 saturated heterocycles. The number of aromatic nitrogens is 4. The predicted octanol–water partition coefficient (Wildman–Crippen LogP) is -2.12. The summed E-state index contributed by atoms with van der Waals surface area (Å²) < 4.78 is 24.2. The number of rotatable bonds is 4. The Balaban J connectivity index is 2.08. The summed E-state index contributed by atoms with van der Waals surface area (Å²) in [5.41, 5.74) is 5.40. The third-order valence-corrected chi connectivity index (χ3v) is 5.58. The minimum Gasteiger partial charge on any atom is -0.391 e. The fourth-order valence-corrected chi connectivity index (χ4v) is 5.07. The van der Waals surface area contributed by atoms with E-state index in [1.807, 2.05) is 0 Å². The highest BCUT2D eigenvalue weighted by atomic mass is 32.2. The molecule has 10 heteroatoms. The molecule has 3 N–H and O–H groups in total. The molecule has 2 unspecified atom stereocenters. The molecule has 17 heavy (non-hydrogen) atoms. The van der Waals surface area contributed by atoms with Gasteiger partial charge in [0.1, 0.15) is 0 Å². The molecule has 2 atom stereocenters. The molecule has 1 aliphatic rings. The van der Waals surface area contributed by atoms with E-state index in [1.165, 1.54) is 16.4 Å². The van der Waals surface area contributed by atoms with E-state index in [-0.39, 0.29) is 11.5 Å². The smallest absolute Gasteiger partial charge is 0.209 e. The normalized spacial score (nSPS) is 27.4. The molecule has 0 aliphatic carbocycles. The second-order valence-electron chi connectivity index (χ2n) is 3.77. The van der Waals surface area contributed by atoms with E-state index < -0.39 is 21.2 Å². The molecule has 96 valence electrons. The van der Waals surface area contributed by atoms with Gasteiger partial charge in [0.25, 0.3) is 0 Å². The van der Waals surface area contributed by atoms with Crippen molar-refractivity contribution in [3.05, 3.63) is 0 Å². The van der Waals surface area contributed by atoms with Crippen molar-refractivity contribution in [2.45, 2.75) is 23.1 Å². The maximum Gasteiger partial charge on any atom is 0.209 e. The Kier molecular flexibility index (Phi) is 3.66. The van der Waals surface area contributed by atoms with Crippen LogP contribution in [0.15, 0.2) is 5.16 Å². The van der Waals surface area contributed by atoms with E-state index >= 15 is 0 Å². The molecule has 2 heterocycles. The van der Waals surface area contributed by atoms with Crippen molar-refractivity contribution in [3.63, 3.8) is 0 Å². The van der Waals surface area contributed by atoms with Gasteiger partial charge in [-0.15, -0.1) is 5.10 Å². The van der Waals surface area contributed by atoms with Crippen molar-refractivity contribution in [1.29, 1.82) is 0 Å². The van der Waals surface area contributed by atoms with Gasteiger partial charge in [0.15, 0.2) is 9.84 Å². The second kappa shape index (κ2) is 4.88. The van der Waals surface area contributed by atoms with Crippen LogP contribution in [0.1, 0.15) is 0 Å². The fourth-order valence-electron chi connectivity index (χ4n) is 1.59. The summed E-state index contributed by atoms with van der Waals surface area (Å²) in [6, 6.07) is 0. The molecule has 0 spiro atoms. The van der Waals surface area contributed by atoms with Crippen LogP contribution in [0.3, 0.4) is 0 Å². The van der Waals surface area contributed by atoms with Crippen LogP contribution in [-0.2, 0) is 16.4 Å². The highest BCUT2D eigenvalue weighted by molar-refractivity contribution is 8.01. The van der Waals surface area contributed by atoms with Crippen LogP contribution in [0.25, 0.3) is 0 Å². The number of thioether (sulfide) groups is 1. The zero-order valence-electron chi connectivity index (χ0n) is 8.93. The molecule has 1 aromatic rings. The molecule has 0 bridgehead atoms. The highest BCUT2D eigenvalue weighted by Crippen LogP contribution is 2.29. The molecule has 2 rings (SSSR count). The average molecular weight is 279 g/mol. The number of hydrogen-bond donors (Lipinski definition) is 2. The fraction of sp³-hybridized carbons (Fsp3) is 0.857. The first-order chi connectivity index (χ1) is 8.02. The van der Waals surface area contributed by atoms with Gasteiger partial charge < -0.3 is 10.8 Å². The van der Waals surface area contributed by atoms with E-state index in [2.05, 4.69) is 15.5 Å². The summed E-state index contributed by atoms with van der Waals surface area (Å²) >= 11 is 1.18. The minimum atomic E-state index is -3.15. The van der Waals surface area contributed by atoms with E-state index in [4.69, 9.17) is 5.73 Å². The van der Waals surface area contributed by atoms with Crippen LogP contribution in [0.5, 0.6) is 0 Å². The number of nitrogens with zero attached hydrogens (tertiary/aromatic N) is 4.